The molecular weight excluding hydrogens is 355 g/mol. The molecule has 126 valence electrons. The number of hydrogen-bond acceptors (Lipinski definition) is 4. The fourth-order valence-electron chi connectivity index (χ4n) is 1.75. The largest absolute Gasteiger partial charge is 0.508 e. The van der Waals surface area contributed by atoms with Gasteiger partial charge in [0, 0.05) is 10.6 Å². The molecule has 2 rings (SSSR count). The summed E-state index contributed by atoms with van der Waals surface area (Å²) in [6.07, 6.45) is -0.909. The zero-order valence-corrected chi connectivity index (χ0v) is 14.1. The van der Waals surface area contributed by atoms with Gasteiger partial charge >= 0.3 is 0 Å². The first kappa shape index (κ1) is 17.9. The SMILES string of the molecule is CC(Oc1ccc(Cl)cc1Cl)C(=O)NNC(=O)c1cccc(O)c1. The molecule has 3 N–H and O–H groups in total. The number of phenols is 1. The number of hydrogen-bond donors (Lipinski definition) is 3. The third-order valence-corrected chi connectivity index (χ3v) is 3.50. The summed E-state index contributed by atoms with van der Waals surface area (Å²) in [7, 11) is 0. The Kier molecular flexibility index (Phi) is 5.89. The first-order valence-corrected chi connectivity index (χ1v) is 7.63. The molecule has 1 unspecified atom stereocenters. The van der Waals surface area contributed by atoms with Crippen molar-refractivity contribution in [2.75, 3.05) is 0 Å². The van der Waals surface area contributed by atoms with Gasteiger partial charge in [0.05, 0.1) is 5.02 Å². The second-order valence-electron chi connectivity index (χ2n) is 4.83. The van der Waals surface area contributed by atoms with Gasteiger partial charge in [0.2, 0.25) is 0 Å². The maximum absolute atomic E-state index is 12.0. The molecular formula is C16H14Cl2N2O4. The van der Waals surface area contributed by atoms with Gasteiger partial charge in [0.15, 0.2) is 6.10 Å². The lowest BCUT2D eigenvalue weighted by Crippen LogP contribution is -2.47. The quantitative estimate of drug-likeness (QED) is 0.724. The van der Waals surface area contributed by atoms with Gasteiger partial charge in [-0.05, 0) is 43.3 Å². The number of rotatable bonds is 4. The Labute approximate surface area is 148 Å². The van der Waals surface area contributed by atoms with Crippen LogP contribution in [0.15, 0.2) is 42.5 Å². The number of nitrogens with one attached hydrogen (secondary N) is 2. The molecule has 6 nitrogen and oxygen atoms in total. The van der Waals surface area contributed by atoms with Gasteiger partial charge in [-0.25, -0.2) is 0 Å². The van der Waals surface area contributed by atoms with Crippen molar-refractivity contribution in [3.05, 3.63) is 58.1 Å². The van der Waals surface area contributed by atoms with Crippen LogP contribution in [0.3, 0.4) is 0 Å². The van der Waals surface area contributed by atoms with Gasteiger partial charge in [-0.1, -0.05) is 29.3 Å². The average molecular weight is 369 g/mol. The summed E-state index contributed by atoms with van der Waals surface area (Å²) in [6.45, 7) is 1.50. The highest BCUT2D eigenvalue weighted by Gasteiger charge is 2.17. The molecule has 0 saturated carbocycles. The molecule has 0 bridgehead atoms. The number of carbonyl (C=O) groups excluding carboxylic acids is 2. The Balaban J connectivity index is 1.90. The van der Waals surface area contributed by atoms with E-state index in [0.717, 1.165) is 0 Å². The van der Waals surface area contributed by atoms with E-state index in [2.05, 4.69) is 10.9 Å². The van der Waals surface area contributed by atoms with Crippen molar-refractivity contribution in [2.45, 2.75) is 13.0 Å². The van der Waals surface area contributed by atoms with Crippen LogP contribution in [0.2, 0.25) is 10.0 Å². The summed E-state index contributed by atoms with van der Waals surface area (Å²) in [5.74, 6) is -0.906. The Bertz CT molecular complexity index is 767. The highest BCUT2D eigenvalue weighted by molar-refractivity contribution is 6.35. The fourth-order valence-corrected chi connectivity index (χ4v) is 2.21. The minimum Gasteiger partial charge on any atom is -0.508 e. The van der Waals surface area contributed by atoms with E-state index in [1.807, 2.05) is 0 Å². The molecule has 8 heteroatoms. The van der Waals surface area contributed by atoms with Crippen molar-refractivity contribution in [2.24, 2.45) is 0 Å². The first-order chi connectivity index (χ1) is 11.4. The van der Waals surface area contributed by atoms with Crippen LogP contribution in [0.25, 0.3) is 0 Å². The van der Waals surface area contributed by atoms with E-state index in [1.165, 1.54) is 37.3 Å². The van der Waals surface area contributed by atoms with E-state index in [4.69, 9.17) is 27.9 Å². The molecule has 0 spiro atoms. The Hall–Kier alpha value is -2.44. The Morgan fingerprint density at radius 2 is 1.88 bits per heavy atom. The smallest absolute Gasteiger partial charge is 0.279 e. The van der Waals surface area contributed by atoms with Gasteiger partial charge in [0.1, 0.15) is 11.5 Å². The van der Waals surface area contributed by atoms with Crippen LogP contribution in [0.1, 0.15) is 17.3 Å². The van der Waals surface area contributed by atoms with E-state index < -0.39 is 17.9 Å². The van der Waals surface area contributed by atoms with Crippen molar-refractivity contribution in [1.82, 2.24) is 10.9 Å². The van der Waals surface area contributed by atoms with Crippen molar-refractivity contribution in [3.8, 4) is 11.5 Å². The van der Waals surface area contributed by atoms with Gasteiger partial charge in [-0.3, -0.25) is 20.4 Å². The molecule has 24 heavy (non-hydrogen) atoms. The van der Waals surface area contributed by atoms with Crippen molar-refractivity contribution in [3.63, 3.8) is 0 Å². The second-order valence-corrected chi connectivity index (χ2v) is 5.67. The van der Waals surface area contributed by atoms with Gasteiger partial charge < -0.3 is 9.84 Å². The summed E-state index contributed by atoms with van der Waals surface area (Å²) >= 11 is 11.8. The van der Waals surface area contributed by atoms with Crippen LogP contribution in [0.4, 0.5) is 0 Å². The fraction of sp³-hybridized carbons (Fsp3) is 0.125. The Morgan fingerprint density at radius 1 is 1.12 bits per heavy atom. The summed E-state index contributed by atoms with van der Waals surface area (Å²) < 4.78 is 5.43. The first-order valence-electron chi connectivity index (χ1n) is 6.88. The standard InChI is InChI=1S/C16H14Cl2N2O4/c1-9(24-14-6-5-11(17)8-13(14)18)15(22)19-20-16(23)10-3-2-4-12(21)7-10/h2-9,21H,1H3,(H,19,22)(H,20,23). The number of phenolic OH excluding ortho intramolecular Hbond substituents is 1. The van der Waals surface area contributed by atoms with E-state index in [9.17, 15) is 14.7 Å². The van der Waals surface area contributed by atoms with E-state index in [1.54, 1.807) is 12.1 Å². The van der Waals surface area contributed by atoms with Gasteiger partial charge in [-0.2, -0.15) is 0 Å². The van der Waals surface area contributed by atoms with Crippen LogP contribution < -0.4 is 15.6 Å². The van der Waals surface area contributed by atoms with Crippen molar-refractivity contribution < 1.29 is 19.4 Å². The molecule has 0 fully saturated rings. The predicted molar refractivity (Wildman–Crippen MR) is 90.3 cm³/mol. The molecule has 0 heterocycles. The number of hydrazine groups is 1. The highest BCUT2D eigenvalue weighted by atomic mass is 35.5. The van der Waals surface area contributed by atoms with Crippen molar-refractivity contribution in [1.29, 1.82) is 0 Å². The maximum atomic E-state index is 12.0. The number of ether oxygens (including phenoxy) is 1. The maximum Gasteiger partial charge on any atom is 0.279 e. The minimum atomic E-state index is -0.909. The van der Waals surface area contributed by atoms with Crippen LogP contribution >= 0.6 is 23.2 Å². The summed E-state index contributed by atoms with van der Waals surface area (Å²) in [5, 5.41) is 10.0. The lowest BCUT2D eigenvalue weighted by atomic mass is 10.2. The van der Waals surface area contributed by atoms with Gasteiger partial charge in [0.25, 0.3) is 11.8 Å². The topological polar surface area (TPSA) is 87.7 Å². The molecule has 0 aliphatic rings. The second kappa shape index (κ2) is 7.90. The number of halogens is 2. The highest BCUT2D eigenvalue weighted by Crippen LogP contribution is 2.28. The third kappa shape index (κ3) is 4.78. The molecule has 2 aromatic rings. The molecule has 0 aliphatic heterocycles. The van der Waals surface area contributed by atoms with Crippen LogP contribution in [0.5, 0.6) is 11.5 Å². The lowest BCUT2D eigenvalue weighted by molar-refractivity contribution is -0.128. The molecule has 0 aliphatic carbocycles. The van der Waals surface area contributed by atoms with Crippen LogP contribution in [-0.4, -0.2) is 23.0 Å². The lowest BCUT2D eigenvalue weighted by Gasteiger charge is -2.16. The minimum absolute atomic E-state index is 0.0527. The van der Waals surface area contributed by atoms with E-state index in [-0.39, 0.29) is 16.3 Å². The molecule has 0 saturated heterocycles. The summed E-state index contributed by atoms with van der Waals surface area (Å²) in [5.41, 5.74) is 4.67. The molecule has 0 aromatic heterocycles. The number of amides is 2. The number of carbonyl (C=O) groups is 2. The number of aromatic hydroxyl groups is 1. The Morgan fingerprint density at radius 3 is 2.54 bits per heavy atom. The van der Waals surface area contributed by atoms with Crippen LogP contribution in [0, 0.1) is 0 Å². The molecule has 2 aromatic carbocycles. The third-order valence-electron chi connectivity index (χ3n) is 2.97. The predicted octanol–water partition coefficient (Wildman–Crippen LogP) is 2.93. The summed E-state index contributed by atoms with van der Waals surface area (Å²) in [4.78, 5) is 23.8. The zero-order chi connectivity index (χ0) is 17.7. The van der Waals surface area contributed by atoms with Crippen LogP contribution in [-0.2, 0) is 4.79 Å². The average Bonchev–Trinajstić information content (AvgIpc) is 2.54. The summed E-state index contributed by atoms with van der Waals surface area (Å²) in [6, 6.07) is 10.3. The van der Waals surface area contributed by atoms with Crippen molar-refractivity contribution >= 4 is 35.0 Å². The molecule has 2 amide bonds. The molecule has 0 radical (unpaired) electrons. The number of benzene rings is 2. The monoisotopic (exact) mass is 368 g/mol. The van der Waals surface area contributed by atoms with E-state index >= 15 is 0 Å². The molecule has 1 atom stereocenters. The zero-order valence-electron chi connectivity index (χ0n) is 12.5. The van der Waals surface area contributed by atoms with Gasteiger partial charge in [-0.15, -0.1) is 0 Å². The van der Waals surface area contributed by atoms with E-state index in [0.29, 0.717) is 10.8 Å². The normalized spacial score (nSPS) is 11.5.